The lowest BCUT2D eigenvalue weighted by atomic mass is 10.1. The van der Waals surface area contributed by atoms with Crippen molar-refractivity contribution in [2.75, 3.05) is 6.61 Å². The molecule has 17 heavy (non-hydrogen) atoms. The summed E-state index contributed by atoms with van der Waals surface area (Å²) in [6.45, 7) is 3.98. The van der Waals surface area contributed by atoms with E-state index in [4.69, 9.17) is 10.5 Å². The van der Waals surface area contributed by atoms with Crippen LogP contribution in [-0.2, 0) is 0 Å². The molecule has 0 aliphatic rings. The van der Waals surface area contributed by atoms with Gasteiger partial charge < -0.3 is 10.5 Å². The van der Waals surface area contributed by atoms with Gasteiger partial charge in [0.1, 0.15) is 6.61 Å². The topological polar surface area (TPSA) is 65.2 Å². The van der Waals surface area contributed by atoms with E-state index in [9.17, 15) is 4.79 Å². The van der Waals surface area contributed by atoms with Crippen molar-refractivity contribution in [3.05, 3.63) is 48.6 Å². The zero-order valence-electron chi connectivity index (χ0n) is 9.22. The summed E-state index contributed by atoms with van der Waals surface area (Å²) in [4.78, 5) is 15.3. The first-order valence-corrected chi connectivity index (χ1v) is 5.15. The molecule has 0 spiro atoms. The highest BCUT2D eigenvalue weighted by molar-refractivity contribution is 5.96. The van der Waals surface area contributed by atoms with Gasteiger partial charge in [0.05, 0.1) is 5.52 Å². The molecule has 0 aliphatic carbocycles. The van der Waals surface area contributed by atoms with E-state index in [-0.39, 0.29) is 0 Å². The molecule has 1 amide bonds. The summed E-state index contributed by atoms with van der Waals surface area (Å²) in [7, 11) is 0. The minimum Gasteiger partial charge on any atom is -0.473 e. The van der Waals surface area contributed by atoms with Crippen LogP contribution in [0.3, 0.4) is 0 Å². The van der Waals surface area contributed by atoms with Gasteiger partial charge in [-0.15, -0.1) is 0 Å². The van der Waals surface area contributed by atoms with Crippen LogP contribution in [0.4, 0.5) is 0 Å². The van der Waals surface area contributed by atoms with Crippen LogP contribution in [0.1, 0.15) is 10.4 Å². The predicted molar refractivity (Wildman–Crippen MR) is 66.0 cm³/mol. The molecule has 1 aromatic carbocycles. The molecule has 4 nitrogen and oxygen atoms in total. The van der Waals surface area contributed by atoms with E-state index < -0.39 is 5.91 Å². The lowest BCUT2D eigenvalue weighted by Gasteiger charge is -2.04. The van der Waals surface area contributed by atoms with Crippen molar-refractivity contribution in [1.82, 2.24) is 4.98 Å². The van der Waals surface area contributed by atoms with Crippen LogP contribution in [0.5, 0.6) is 5.88 Å². The normalized spacial score (nSPS) is 10.1. The molecule has 0 aliphatic heterocycles. The summed E-state index contributed by atoms with van der Waals surface area (Å²) in [6.07, 6.45) is 1.65. The van der Waals surface area contributed by atoms with Gasteiger partial charge in [0, 0.05) is 17.0 Å². The van der Waals surface area contributed by atoms with Crippen molar-refractivity contribution < 1.29 is 9.53 Å². The number of primary amides is 1. The van der Waals surface area contributed by atoms with Gasteiger partial charge in [-0.25, -0.2) is 4.98 Å². The maximum Gasteiger partial charge on any atom is 0.248 e. The van der Waals surface area contributed by atoms with Gasteiger partial charge in [-0.1, -0.05) is 12.7 Å². The van der Waals surface area contributed by atoms with Gasteiger partial charge in [-0.05, 0) is 24.3 Å². The standard InChI is InChI=1S/C13H12N2O2/c1-2-7-17-12-6-4-9-8-10(13(14)16)3-5-11(9)15-12/h2-6,8H,1,7H2,(H2,14,16). The maximum absolute atomic E-state index is 11.0. The molecule has 1 heterocycles. The number of rotatable bonds is 4. The predicted octanol–water partition coefficient (Wildman–Crippen LogP) is 1.90. The number of nitrogens with two attached hydrogens (primary N) is 1. The summed E-state index contributed by atoms with van der Waals surface area (Å²) in [5.74, 6) is 0.0862. The SMILES string of the molecule is C=CCOc1ccc2cc(C(N)=O)ccc2n1. The highest BCUT2D eigenvalue weighted by atomic mass is 16.5. The molecule has 0 bridgehead atoms. The quantitative estimate of drug-likeness (QED) is 0.813. The van der Waals surface area contributed by atoms with E-state index in [2.05, 4.69) is 11.6 Å². The number of benzene rings is 1. The van der Waals surface area contributed by atoms with Crippen molar-refractivity contribution >= 4 is 16.8 Å². The minimum absolute atomic E-state index is 0.415. The number of carbonyl (C=O) groups excluding carboxylic acids is 1. The van der Waals surface area contributed by atoms with Crippen molar-refractivity contribution in [3.8, 4) is 5.88 Å². The first kappa shape index (κ1) is 11.1. The second-order valence-corrected chi connectivity index (χ2v) is 3.52. The molecular formula is C13H12N2O2. The Balaban J connectivity index is 2.39. The number of nitrogens with zero attached hydrogens (tertiary/aromatic N) is 1. The van der Waals surface area contributed by atoms with Crippen LogP contribution < -0.4 is 10.5 Å². The molecule has 4 heteroatoms. The van der Waals surface area contributed by atoms with Crippen LogP contribution in [0.15, 0.2) is 43.0 Å². The van der Waals surface area contributed by atoms with Crippen LogP contribution in [-0.4, -0.2) is 17.5 Å². The largest absolute Gasteiger partial charge is 0.473 e. The van der Waals surface area contributed by atoms with Gasteiger partial charge in [0.25, 0.3) is 0 Å². The van der Waals surface area contributed by atoms with Crippen molar-refractivity contribution in [2.45, 2.75) is 0 Å². The Morgan fingerprint density at radius 3 is 2.94 bits per heavy atom. The Bertz CT molecular complexity index is 579. The highest BCUT2D eigenvalue weighted by Gasteiger charge is 2.03. The number of amides is 1. The number of hydrogen-bond donors (Lipinski definition) is 1. The van der Waals surface area contributed by atoms with Crippen LogP contribution in [0.2, 0.25) is 0 Å². The van der Waals surface area contributed by atoms with E-state index in [1.54, 1.807) is 30.3 Å². The minimum atomic E-state index is -0.445. The Morgan fingerprint density at radius 1 is 1.41 bits per heavy atom. The zero-order chi connectivity index (χ0) is 12.3. The van der Waals surface area contributed by atoms with E-state index >= 15 is 0 Å². The van der Waals surface area contributed by atoms with E-state index in [1.165, 1.54) is 0 Å². The molecule has 0 atom stereocenters. The fraction of sp³-hybridized carbons (Fsp3) is 0.0769. The van der Waals surface area contributed by atoms with Gasteiger partial charge in [-0.2, -0.15) is 0 Å². The lowest BCUT2D eigenvalue weighted by Crippen LogP contribution is -2.10. The summed E-state index contributed by atoms with van der Waals surface area (Å²) < 4.78 is 5.32. The first-order chi connectivity index (χ1) is 8.20. The number of aromatic nitrogens is 1. The molecule has 0 radical (unpaired) electrons. The van der Waals surface area contributed by atoms with Gasteiger partial charge >= 0.3 is 0 Å². The lowest BCUT2D eigenvalue weighted by molar-refractivity contribution is 0.100. The van der Waals surface area contributed by atoms with Crippen LogP contribution in [0.25, 0.3) is 10.9 Å². The number of carbonyl (C=O) groups is 1. The van der Waals surface area contributed by atoms with E-state index in [1.807, 2.05) is 6.07 Å². The fourth-order valence-electron chi connectivity index (χ4n) is 1.48. The summed E-state index contributed by atoms with van der Waals surface area (Å²) in [5.41, 5.74) is 6.44. The van der Waals surface area contributed by atoms with E-state index in [0.717, 1.165) is 10.9 Å². The molecule has 2 aromatic rings. The summed E-state index contributed by atoms with van der Waals surface area (Å²) in [6, 6.07) is 8.69. The van der Waals surface area contributed by atoms with E-state index in [0.29, 0.717) is 18.1 Å². The molecule has 0 saturated carbocycles. The molecule has 2 N–H and O–H groups in total. The molecule has 86 valence electrons. The number of hydrogen-bond acceptors (Lipinski definition) is 3. The fourth-order valence-corrected chi connectivity index (χ4v) is 1.48. The number of fused-ring (bicyclic) bond motifs is 1. The number of ether oxygens (including phenoxy) is 1. The Labute approximate surface area is 98.7 Å². The Morgan fingerprint density at radius 2 is 2.24 bits per heavy atom. The van der Waals surface area contributed by atoms with Crippen molar-refractivity contribution in [3.63, 3.8) is 0 Å². The van der Waals surface area contributed by atoms with Crippen molar-refractivity contribution in [1.29, 1.82) is 0 Å². The summed E-state index contributed by atoms with van der Waals surface area (Å²) >= 11 is 0. The highest BCUT2D eigenvalue weighted by Crippen LogP contribution is 2.18. The first-order valence-electron chi connectivity index (χ1n) is 5.15. The number of pyridine rings is 1. The van der Waals surface area contributed by atoms with Gasteiger partial charge in [0.2, 0.25) is 11.8 Å². The molecule has 2 rings (SSSR count). The third-order valence-corrected chi connectivity index (χ3v) is 2.30. The monoisotopic (exact) mass is 228 g/mol. The second-order valence-electron chi connectivity index (χ2n) is 3.52. The third kappa shape index (κ3) is 2.42. The Hall–Kier alpha value is -2.36. The third-order valence-electron chi connectivity index (χ3n) is 2.30. The molecule has 1 aromatic heterocycles. The summed E-state index contributed by atoms with van der Waals surface area (Å²) in [5, 5.41) is 0.854. The van der Waals surface area contributed by atoms with Gasteiger partial charge in [0.15, 0.2) is 0 Å². The van der Waals surface area contributed by atoms with Crippen molar-refractivity contribution in [2.24, 2.45) is 5.73 Å². The average Bonchev–Trinajstić information content (AvgIpc) is 2.35. The maximum atomic E-state index is 11.0. The Kier molecular flexibility index (Phi) is 3.05. The van der Waals surface area contributed by atoms with Crippen LogP contribution in [0, 0.1) is 0 Å². The molecule has 0 unspecified atom stereocenters. The second kappa shape index (κ2) is 4.65. The van der Waals surface area contributed by atoms with Gasteiger partial charge in [-0.3, -0.25) is 4.79 Å². The zero-order valence-corrected chi connectivity index (χ0v) is 9.22. The smallest absolute Gasteiger partial charge is 0.248 e. The van der Waals surface area contributed by atoms with Crippen LogP contribution >= 0.6 is 0 Å². The molecular weight excluding hydrogens is 216 g/mol. The molecule has 0 fully saturated rings. The average molecular weight is 228 g/mol. The molecule has 0 saturated heterocycles.